The maximum absolute atomic E-state index is 12.2. The molecule has 0 aromatic carbocycles. The van der Waals surface area contributed by atoms with Gasteiger partial charge >= 0.3 is 12.0 Å². The van der Waals surface area contributed by atoms with Crippen molar-refractivity contribution >= 4 is 12.0 Å². The van der Waals surface area contributed by atoms with Gasteiger partial charge in [0.2, 0.25) is 0 Å². The second-order valence-corrected chi connectivity index (χ2v) is 6.10. The Morgan fingerprint density at radius 2 is 1.81 bits per heavy atom. The molecule has 2 saturated carbocycles. The van der Waals surface area contributed by atoms with Gasteiger partial charge in [-0.2, -0.15) is 0 Å². The Morgan fingerprint density at radius 3 is 2.24 bits per heavy atom. The summed E-state index contributed by atoms with van der Waals surface area (Å²) in [5.41, 5.74) is 0. The molecule has 2 amide bonds. The van der Waals surface area contributed by atoms with Gasteiger partial charge in [-0.05, 0) is 45.6 Å². The Labute approximate surface area is 126 Å². The molecule has 0 aromatic rings. The smallest absolute Gasteiger partial charge is 0.317 e. The highest BCUT2D eigenvalue weighted by atomic mass is 16.4. The normalized spacial score (nSPS) is 25.1. The number of aliphatic carboxylic acids is 1. The minimum Gasteiger partial charge on any atom is -0.480 e. The number of likely N-dealkylation sites (N-methyl/N-ethyl adjacent to an activating group) is 1. The topological polar surface area (TPSA) is 72.9 Å². The molecule has 0 spiro atoms. The molecule has 0 unspecified atom stereocenters. The van der Waals surface area contributed by atoms with Crippen molar-refractivity contribution in [3.8, 4) is 0 Å². The standard InChI is InChI=1S/C15H27N3O3/c1-3-17(10-14(19)20)13-8-11(9-13)16-15(21)18(4-2)12-6-5-7-12/h11-13H,3-10H2,1-2H3,(H,16,21)(H,19,20). The van der Waals surface area contributed by atoms with Gasteiger partial charge in [0.25, 0.3) is 0 Å². The molecule has 0 aromatic heterocycles. The van der Waals surface area contributed by atoms with Crippen LogP contribution in [-0.4, -0.2) is 64.7 Å². The molecular weight excluding hydrogens is 270 g/mol. The summed E-state index contributed by atoms with van der Waals surface area (Å²) in [6.45, 7) is 5.58. The number of nitrogens with zero attached hydrogens (tertiary/aromatic N) is 2. The van der Waals surface area contributed by atoms with E-state index < -0.39 is 5.97 Å². The molecule has 0 atom stereocenters. The summed E-state index contributed by atoms with van der Waals surface area (Å²) in [6.07, 6.45) is 5.18. The van der Waals surface area contributed by atoms with E-state index in [1.165, 1.54) is 6.42 Å². The van der Waals surface area contributed by atoms with Crippen LogP contribution in [0.25, 0.3) is 0 Å². The van der Waals surface area contributed by atoms with Gasteiger partial charge < -0.3 is 15.3 Å². The molecule has 0 aliphatic heterocycles. The molecule has 6 heteroatoms. The monoisotopic (exact) mass is 297 g/mol. The van der Waals surface area contributed by atoms with Crippen molar-refractivity contribution in [3.05, 3.63) is 0 Å². The molecule has 120 valence electrons. The van der Waals surface area contributed by atoms with E-state index in [0.717, 1.165) is 38.8 Å². The highest BCUT2D eigenvalue weighted by molar-refractivity contribution is 5.75. The second-order valence-electron chi connectivity index (χ2n) is 6.10. The van der Waals surface area contributed by atoms with Crippen molar-refractivity contribution in [1.29, 1.82) is 0 Å². The summed E-state index contributed by atoms with van der Waals surface area (Å²) in [5.74, 6) is -0.786. The van der Waals surface area contributed by atoms with E-state index in [4.69, 9.17) is 5.11 Å². The Balaban J connectivity index is 1.73. The molecule has 0 bridgehead atoms. The van der Waals surface area contributed by atoms with Gasteiger partial charge in [-0.1, -0.05) is 6.92 Å². The molecule has 0 heterocycles. The van der Waals surface area contributed by atoms with Gasteiger partial charge in [0, 0.05) is 24.7 Å². The number of nitrogens with one attached hydrogen (secondary N) is 1. The summed E-state index contributed by atoms with van der Waals surface area (Å²) >= 11 is 0. The van der Waals surface area contributed by atoms with Gasteiger partial charge in [0.1, 0.15) is 0 Å². The van der Waals surface area contributed by atoms with Gasteiger partial charge in [-0.3, -0.25) is 9.69 Å². The molecule has 0 radical (unpaired) electrons. The van der Waals surface area contributed by atoms with Crippen molar-refractivity contribution in [3.63, 3.8) is 0 Å². The number of hydrogen-bond acceptors (Lipinski definition) is 3. The number of hydrogen-bond donors (Lipinski definition) is 2. The van der Waals surface area contributed by atoms with Crippen LogP contribution >= 0.6 is 0 Å². The molecule has 2 fully saturated rings. The van der Waals surface area contributed by atoms with Crippen LogP contribution in [0.15, 0.2) is 0 Å². The third kappa shape index (κ3) is 3.87. The average molecular weight is 297 g/mol. The van der Waals surface area contributed by atoms with Crippen LogP contribution in [0.2, 0.25) is 0 Å². The second kappa shape index (κ2) is 7.11. The van der Waals surface area contributed by atoms with Crippen LogP contribution in [0, 0.1) is 0 Å². The predicted molar refractivity (Wildman–Crippen MR) is 80.2 cm³/mol. The first-order chi connectivity index (χ1) is 10.0. The van der Waals surface area contributed by atoms with Crippen molar-refractivity contribution in [2.24, 2.45) is 0 Å². The number of amides is 2. The van der Waals surface area contributed by atoms with Gasteiger partial charge in [0.05, 0.1) is 6.54 Å². The summed E-state index contributed by atoms with van der Waals surface area (Å²) in [5, 5.41) is 12.0. The van der Waals surface area contributed by atoms with Crippen molar-refractivity contribution in [2.45, 2.75) is 64.1 Å². The van der Waals surface area contributed by atoms with E-state index in [2.05, 4.69) is 5.32 Å². The zero-order valence-electron chi connectivity index (χ0n) is 13.0. The summed E-state index contributed by atoms with van der Waals surface area (Å²) in [6, 6.07) is 0.951. The lowest BCUT2D eigenvalue weighted by Crippen LogP contribution is -2.58. The van der Waals surface area contributed by atoms with Crippen LogP contribution in [0.4, 0.5) is 4.79 Å². The molecule has 0 saturated heterocycles. The maximum Gasteiger partial charge on any atom is 0.317 e. The van der Waals surface area contributed by atoms with Crippen LogP contribution in [0.3, 0.4) is 0 Å². The zero-order valence-corrected chi connectivity index (χ0v) is 13.0. The molecule has 2 aliphatic rings. The SMILES string of the molecule is CCN(CC(=O)O)C1CC(NC(=O)N(CC)C2CCC2)C1. The fourth-order valence-corrected chi connectivity index (χ4v) is 3.20. The van der Waals surface area contributed by atoms with Gasteiger partial charge in [-0.25, -0.2) is 4.79 Å². The van der Waals surface area contributed by atoms with E-state index in [0.29, 0.717) is 6.04 Å². The minimum atomic E-state index is -0.786. The first-order valence-electron chi connectivity index (χ1n) is 8.08. The first-order valence-corrected chi connectivity index (χ1v) is 8.08. The van der Waals surface area contributed by atoms with Crippen molar-refractivity contribution < 1.29 is 14.7 Å². The fourth-order valence-electron chi connectivity index (χ4n) is 3.20. The lowest BCUT2D eigenvalue weighted by Gasteiger charge is -2.44. The lowest BCUT2D eigenvalue weighted by atomic mass is 9.85. The van der Waals surface area contributed by atoms with Crippen molar-refractivity contribution in [1.82, 2.24) is 15.1 Å². The Bertz CT molecular complexity index is 378. The molecule has 2 N–H and O–H groups in total. The molecular formula is C15H27N3O3. The molecule has 2 rings (SSSR count). The van der Waals surface area contributed by atoms with Crippen LogP contribution in [0.5, 0.6) is 0 Å². The number of carbonyl (C=O) groups is 2. The number of rotatable bonds is 7. The summed E-state index contributed by atoms with van der Waals surface area (Å²) in [7, 11) is 0. The predicted octanol–water partition coefficient (Wildman–Crippen LogP) is 1.51. The zero-order chi connectivity index (χ0) is 15.4. The highest BCUT2D eigenvalue weighted by Gasteiger charge is 2.36. The Hall–Kier alpha value is -1.30. The van der Waals surface area contributed by atoms with E-state index in [1.54, 1.807) is 0 Å². The number of carbonyl (C=O) groups excluding carboxylic acids is 1. The number of urea groups is 1. The first kappa shape index (κ1) is 16.1. The summed E-state index contributed by atoms with van der Waals surface area (Å²) in [4.78, 5) is 26.9. The van der Waals surface area contributed by atoms with E-state index in [1.807, 2.05) is 23.6 Å². The van der Waals surface area contributed by atoms with E-state index in [9.17, 15) is 9.59 Å². The molecule has 21 heavy (non-hydrogen) atoms. The maximum atomic E-state index is 12.2. The average Bonchev–Trinajstić information content (AvgIpc) is 2.34. The quantitative estimate of drug-likeness (QED) is 0.747. The fraction of sp³-hybridized carbons (Fsp3) is 0.867. The Kier molecular flexibility index (Phi) is 5.45. The summed E-state index contributed by atoms with van der Waals surface area (Å²) < 4.78 is 0. The third-order valence-electron chi connectivity index (χ3n) is 4.82. The largest absolute Gasteiger partial charge is 0.480 e. The minimum absolute atomic E-state index is 0.0481. The van der Waals surface area contributed by atoms with E-state index in [-0.39, 0.29) is 24.7 Å². The van der Waals surface area contributed by atoms with Gasteiger partial charge in [0.15, 0.2) is 0 Å². The number of carboxylic acids is 1. The lowest BCUT2D eigenvalue weighted by molar-refractivity contribution is -0.139. The Morgan fingerprint density at radius 1 is 1.14 bits per heavy atom. The van der Waals surface area contributed by atoms with Crippen LogP contribution < -0.4 is 5.32 Å². The molecule has 6 nitrogen and oxygen atoms in total. The van der Waals surface area contributed by atoms with Crippen LogP contribution in [0.1, 0.15) is 46.0 Å². The third-order valence-corrected chi connectivity index (χ3v) is 4.82. The van der Waals surface area contributed by atoms with E-state index >= 15 is 0 Å². The van der Waals surface area contributed by atoms with Crippen LogP contribution in [-0.2, 0) is 4.79 Å². The van der Waals surface area contributed by atoms with Crippen molar-refractivity contribution in [2.75, 3.05) is 19.6 Å². The number of carboxylic acid groups (broad SMARTS) is 1. The van der Waals surface area contributed by atoms with Gasteiger partial charge in [-0.15, -0.1) is 0 Å². The highest BCUT2D eigenvalue weighted by Crippen LogP contribution is 2.27. The molecule has 2 aliphatic carbocycles.